The Morgan fingerprint density at radius 3 is 3.06 bits per heavy atom. The van der Waals surface area contributed by atoms with Gasteiger partial charge in [0.05, 0.1) is 12.3 Å². The maximum atomic E-state index is 11.6. The number of aliphatic imine (C=N–C) groups is 2. The smallest absolute Gasteiger partial charge is 0.360 e. The van der Waals surface area contributed by atoms with Crippen molar-refractivity contribution in [1.29, 1.82) is 0 Å². The molecule has 1 aliphatic rings. The van der Waals surface area contributed by atoms with Gasteiger partial charge in [0.25, 0.3) is 0 Å². The van der Waals surface area contributed by atoms with Crippen molar-refractivity contribution in [3.63, 3.8) is 0 Å². The molecule has 92 valence electrons. The SMILES string of the molecule is CCOC(=O)c1nnn(C2=NC=NC2=C=[N-])c1C. The van der Waals surface area contributed by atoms with E-state index < -0.39 is 5.97 Å². The lowest BCUT2D eigenvalue weighted by Crippen LogP contribution is -2.16. The van der Waals surface area contributed by atoms with E-state index in [1.165, 1.54) is 11.0 Å². The van der Waals surface area contributed by atoms with Crippen molar-refractivity contribution < 1.29 is 9.53 Å². The summed E-state index contributed by atoms with van der Waals surface area (Å²) in [5, 5.41) is 16.4. The van der Waals surface area contributed by atoms with E-state index in [0.717, 1.165) is 0 Å². The predicted molar refractivity (Wildman–Crippen MR) is 63.9 cm³/mol. The molecule has 0 aromatic carbocycles. The molecule has 1 aliphatic heterocycles. The molecule has 0 spiro atoms. The predicted octanol–water partition coefficient (Wildman–Crippen LogP) is 0.175. The number of rotatable bonds is 2. The molecule has 1 aromatic rings. The second kappa shape index (κ2) is 4.72. The van der Waals surface area contributed by atoms with Gasteiger partial charge in [-0.25, -0.2) is 20.6 Å². The van der Waals surface area contributed by atoms with E-state index >= 15 is 0 Å². The molecule has 2 rings (SSSR count). The highest BCUT2D eigenvalue weighted by Crippen LogP contribution is 2.11. The van der Waals surface area contributed by atoms with Crippen LogP contribution in [0.25, 0.3) is 5.41 Å². The summed E-state index contributed by atoms with van der Waals surface area (Å²) in [4.78, 5) is 19.2. The Hall–Kier alpha value is -2.60. The van der Waals surface area contributed by atoms with Gasteiger partial charge < -0.3 is 10.1 Å². The molecule has 0 radical (unpaired) electrons. The summed E-state index contributed by atoms with van der Waals surface area (Å²) in [6.45, 7) is 3.60. The van der Waals surface area contributed by atoms with Crippen LogP contribution < -0.4 is 0 Å². The summed E-state index contributed by atoms with van der Waals surface area (Å²) in [5.74, 6) is 1.58. The zero-order valence-corrected chi connectivity index (χ0v) is 9.78. The average molecular weight is 245 g/mol. The first-order valence-corrected chi connectivity index (χ1v) is 5.16. The van der Waals surface area contributed by atoms with Crippen molar-refractivity contribution in [3.05, 3.63) is 22.5 Å². The van der Waals surface area contributed by atoms with Gasteiger partial charge in [0.1, 0.15) is 12.0 Å². The van der Waals surface area contributed by atoms with Crippen LogP contribution in [0.2, 0.25) is 0 Å². The Bertz CT molecular complexity index is 606. The molecule has 0 aliphatic carbocycles. The van der Waals surface area contributed by atoms with E-state index in [1.54, 1.807) is 13.8 Å². The fraction of sp³-hybridized carbons (Fsp3) is 0.300. The molecule has 1 aromatic heterocycles. The zero-order chi connectivity index (χ0) is 13.1. The Balaban J connectivity index is 2.38. The number of nitrogens with zero attached hydrogens (tertiary/aromatic N) is 6. The van der Waals surface area contributed by atoms with Crippen LogP contribution in [0.3, 0.4) is 0 Å². The normalized spacial score (nSPS) is 13.4. The standard InChI is InChI=1S/C10H9N6O2/c1-3-18-10(17)8-6(2)16(15-14-8)9-7(4-11)12-5-13-9/h5H,3H2,1-2H3/q-1. The molecular weight excluding hydrogens is 236 g/mol. The number of aromatic nitrogens is 3. The Morgan fingerprint density at radius 1 is 1.61 bits per heavy atom. The van der Waals surface area contributed by atoms with Crippen LogP contribution >= 0.6 is 0 Å². The number of ether oxygens (including phenoxy) is 1. The number of carbonyl (C=O) groups is 1. The topological polar surface area (TPSA) is 104 Å². The fourth-order valence-corrected chi connectivity index (χ4v) is 1.41. The Kier molecular flexibility index (Phi) is 3.11. The minimum Gasteiger partial charge on any atom is -0.761 e. The first kappa shape index (κ1) is 11.9. The van der Waals surface area contributed by atoms with Crippen molar-refractivity contribution in [2.24, 2.45) is 9.98 Å². The van der Waals surface area contributed by atoms with E-state index in [0.29, 0.717) is 5.69 Å². The van der Waals surface area contributed by atoms with E-state index in [9.17, 15) is 4.79 Å². The molecule has 0 atom stereocenters. The van der Waals surface area contributed by atoms with Gasteiger partial charge in [-0.1, -0.05) is 5.21 Å². The van der Waals surface area contributed by atoms with Gasteiger partial charge >= 0.3 is 5.97 Å². The van der Waals surface area contributed by atoms with Crippen molar-refractivity contribution in [2.45, 2.75) is 13.8 Å². The van der Waals surface area contributed by atoms with Crippen LogP contribution in [-0.2, 0) is 4.74 Å². The Labute approximate surface area is 102 Å². The average Bonchev–Trinajstić information content (AvgIpc) is 2.94. The summed E-state index contributed by atoms with van der Waals surface area (Å²) < 4.78 is 6.13. The van der Waals surface area contributed by atoms with Gasteiger partial charge in [-0.3, -0.25) is 0 Å². The molecule has 0 fully saturated rings. The fourth-order valence-electron chi connectivity index (χ4n) is 1.41. The van der Waals surface area contributed by atoms with Crippen LogP contribution in [-0.4, -0.2) is 45.6 Å². The van der Waals surface area contributed by atoms with Gasteiger partial charge in [-0.05, 0) is 13.8 Å². The summed E-state index contributed by atoms with van der Waals surface area (Å²) in [5.41, 5.74) is 0.674. The molecule has 0 saturated carbocycles. The third-order valence-electron chi connectivity index (χ3n) is 2.25. The first-order chi connectivity index (χ1) is 8.69. The summed E-state index contributed by atoms with van der Waals surface area (Å²) in [7, 11) is 0. The second-order valence-corrected chi connectivity index (χ2v) is 3.31. The molecule has 0 bridgehead atoms. The molecular formula is C10H9N6O2-. The summed E-state index contributed by atoms with van der Waals surface area (Å²) in [6, 6.07) is 0. The number of hydrogen-bond donors (Lipinski definition) is 0. The summed E-state index contributed by atoms with van der Waals surface area (Å²) in [6.07, 6.45) is 1.25. The molecule has 2 heterocycles. The monoisotopic (exact) mass is 245 g/mol. The van der Waals surface area contributed by atoms with E-state index in [1.807, 2.05) is 5.87 Å². The van der Waals surface area contributed by atoms with Gasteiger partial charge in [0.15, 0.2) is 11.5 Å². The highest BCUT2D eigenvalue weighted by Gasteiger charge is 2.22. The number of esters is 1. The third-order valence-corrected chi connectivity index (χ3v) is 2.25. The van der Waals surface area contributed by atoms with E-state index in [-0.39, 0.29) is 23.8 Å². The quantitative estimate of drug-likeness (QED) is 0.547. The van der Waals surface area contributed by atoms with Gasteiger partial charge in [0, 0.05) is 0 Å². The lowest BCUT2D eigenvalue weighted by molar-refractivity contribution is 0.0518. The van der Waals surface area contributed by atoms with Crippen molar-refractivity contribution in [1.82, 2.24) is 15.0 Å². The number of hydrogen-bond acceptors (Lipinski definition) is 6. The molecule has 0 saturated heterocycles. The highest BCUT2D eigenvalue weighted by atomic mass is 16.5. The molecule has 18 heavy (non-hydrogen) atoms. The largest absolute Gasteiger partial charge is 0.761 e. The molecule has 0 amide bonds. The molecule has 0 unspecified atom stereocenters. The zero-order valence-electron chi connectivity index (χ0n) is 9.78. The van der Waals surface area contributed by atoms with Crippen LogP contribution in [0.15, 0.2) is 15.7 Å². The van der Waals surface area contributed by atoms with Crippen LogP contribution in [0.5, 0.6) is 0 Å². The lowest BCUT2D eigenvalue weighted by Gasteiger charge is -2.03. The first-order valence-electron chi connectivity index (χ1n) is 5.16. The van der Waals surface area contributed by atoms with Crippen LogP contribution in [0.4, 0.5) is 0 Å². The van der Waals surface area contributed by atoms with Gasteiger partial charge in [-0.15, -0.1) is 5.10 Å². The second-order valence-electron chi connectivity index (χ2n) is 3.31. The van der Waals surface area contributed by atoms with Gasteiger partial charge in [0.2, 0.25) is 0 Å². The Morgan fingerprint density at radius 2 is 2.39 bits per heavy atom. The number of carbonyl (C=O) groups excluding carboxylic acids is 1. The molecule has 8 nitrogen and oxygen atoms in total. The van der Waals surface area contributed by atoms with Crippen LogP contribution in [0, 0.1) is 6.92 Å². The van der Waals surface area contributed by atoms with Crippen molar-refractivity contribution >= 4 is 24.0 Å². The maximum Gasteiger partial charge on any atom is 0.360 e. The van der Waals surface area contributed by atoms with E-state index in [2.05, 4.69) is 20.3 Å². The summed E-state index contributed by atoms with van der Waals surface area (Å²) >= 11 is 0. The van der Waals surface area contributed by atoms with Gasteiger partial charge in [-0.2, -0.15) is 4.68 Å². The number of allylic oxidation sites excluding steroid dienone is 1. The lowest BCUT2D eigenvalue weighted by atomic mass is 10.3. The minimum absolute atomic E-state index is 0.101. The molecule has 0 N–H and O–H groups in total. The minimum atomic E-state index is -0.556. The van der Waals surface area contributed by atoms with Crippen molar-refractivity contribution in [3.8, 4) is 0 Å². The van der Waals surface area contributed by atoms with E-state index in [4.69, 9.17) is 10.1 Å². The molecule has 8 heteroatoms. The van der Waals surface area contributed by atoms with Crippen LogP contribution in [0.1, 0.15) is 23.1 Å². The third kappa shape index (κ3) is 1.85. The highest BCUT2D eigenvalue weighted by molar-refractivity contribution is 6.13. The maximum absolute atomic E-state index is 11.6. The van der Waals surface area contributed by atoms with Crippen molar-refractivity contribution in [2.75, 3.05) is 6.61 Å².